The number of carboxylic acid groups (broad SMARTS) is 1. The molecule has 0 spiro atoms. The minimum absolute atomic E-state index is 0.129. The fourth-order valence-corrected chi connectivity index (χ4v) is 1.34. The second-order valence-corrected chi connectivity index (χ2v) is 3.51. The Labute approximate surface area is 88.8 Å². The summed E-state index contributed by atoms with van der Waals surface area (Å²) in [6, 6.07) is 9.50. The SMILES string of the molecule is CN(CC(O)Cc1ccccc1)C(=O)O. The molecular formula is C11H15NO3. The van der Waals surface area contributed by atoms with Crippen molar-refractivity contribution in [3.05, 3.63) is 35.9 Å². The first-order valence-electron chi connectivity index (χ1n) is 4.75. The van der Waals surface area contributed by atoms with Crippen molar-refractivity contribution in [1.82, 2.24) is 4.90 Å². The molecule has 0 aliphatic heterocycles. The van der Waals surface area contributed by atoms with E-state index in [1.807, 2.05) is 30.3 Å². The molecule has 0 saturated carbocycles. The van der Waals surface area contributed by atoms with E-state index in [-0.39, 0.29) is 6.54 Å². The highest BCUT2D eigenvalue weighted by molar-refractivity contribution is 5.64. The summed E-state index contributed by atoms with van der Waals surface area (Å²) in [6.45, 7) is 0.129. The molecule has 1 amide bonds. The Morgan fingerprint density at radius 3 is 2.53 bits per heavy atom. The molecule has 0 bridgehead atoms. The Kier molecular flexibility index (Phi) is 4.12. The zero-order chi connectivity index (χ0) is 11.3. The lowest BCUT2D eigenvalue weighted by Crippen LogP contribution is -2.34. The molecule has 4 heteroatoms. The molecule has 0 aliphatic carbocycles. The van der Waals surface area contributed by atoms with Gasteiger partial charge in [0.05, 0.1) is 6.10 Å². The molecule has 82 valence electrons. The average Bonchev–Trinajstić information content (AvgIpc) is 2.18. The number of nitrogens with zero attached hydrogens (tertiary/aromatic N) is 1. The monoisotopic (exact) mass is 209 g/mol. The lowest BCUT2D eigenvalue weighted by Gasteiger charge is -2.17. The van der Waals surface area contributed by atoms with E-state index in [0.717, 1.165) is 10.5 Å². The molecule has 1 rings (SSSR count). The van der Waals surface area contributed by atoms with E-state index in [2.05, 4.69) is 0 Å². The van der Waals surface area contributed by atoms with E-state index in [0.29, 0.717) is 6.42 Å². The summed E-state index contributed by atoms with van der Waals surface area (Å²) in [7, 11) is 1.44. The Morgan fingerprint density at radius 1 is 1.40 bits per heavy atom. The van der Waals surface area contributed by atoms with Crippen LogP contribution in [-0.2, 0) is 6.42 Å². The third-order valence-electron chi connectivity index (χ3n) is 2.13. The van der Waals surface area contributed by atoms with Crippen molar-refractivity contribution >= 4 is 6.09 Å². The fourth-order valence-electron chi connectivity index (χ4n) is 1.34. The van der Waals surface area contributed by atoms with Gasteiger partial charge in [0.25, 0.3) is 0 Å². The molecule has 0 heterocycles. The van der Waals surface area contributed by atoms with Crippen LogP contribution in [0.4, 0.5) is 4.79 Å². The summed E-state index contributed by atoms with van der Waals surface area (Å²) >= 11 is 0. The van der Waals surface area contributed by atoms with Crippen LogP contribution in [0.1, 0.15) is 5.56 Å². The van der Waals surface area contributed by atoms with E-state index in [4.69, 9.17) is 5.11 Å². The van der Waals surface area contributed by atoms with Gasteiger partial charge in [-0.05, 0) is 5.56 Å². The lowest BCUT2D eigenvalue weighted by molar-refractivity contribution is 0.108. The molecule has 15 heavy (non-hydrogen) atoms. The van der Waals surface area contributed by atoms with Crippen molar-refractivity contribution in [2.24, 2.45) is 0 Å². The molecule has 2 N–H and O–H groups in total. The molecular weight excluding hydrogens is 194 g/mol. The predicted octanol–water partition coefficient (Wildman–Crippen LogP) is 1.20. The van der Waals surface area contributed by atoms with Gasteiger partial charge in [0.15, 0.2) is 0 Å². The fraction of sp³-hybridized carbons (Fsp3) is 0.364. The standard InChI is InChI=1S/C11H15NO3/c1-12(11(14)15)8-10(13)7-9-5-3-2-4-6-9/h2-6,10,13H,7-8H2,1H3,(H,14,15). The number of aliphatic hydroxyl groups is 1. The maximum Gasteiger partial charge on any atom is 0.407 e. The van der Waals surface area contributed by atoms with Crippen LogP contribution < -0.4 is 0 Å². The number of benzene rings is 1. The first-order chi connectivity index (χ1) is 7.09. The molecule has 0 saturated heterocycles. The van der Waals surface area contributed by atoms with Gasteiger partial charge < -0.3 is 15.1 Å². The van der Waals surface area contributed by atoms with Crippen molar-refractivity contribution < 1.29 is 15.0 Å². The van der Waals surface area contributed by atoms with Gasteiger partial charge in [-0.3, -0.25) is 0 Å². The number of rotatable bonds is 4. The first-order valence-corrected chi connectivity index (χ1v) is 4.75. The zero-order valence-corrected chi connectivity index (χ0v) is 8.63. The number of hydrogen-bond acceptors (Lipinski definition) is 2. The number of aliphatic hydroxyl groups excluding tert-OH is 1. The third kappa shape index (κ3) is 3.99. The normalized spacial score (nSPS) is 12.1. The second-order valence-electron chi connectivity index (χ2n) is 3.51. The highest BCUT2D eigenvalue weighted by Gasteiger charge is 2.12. The quantitative estimate of drug-likeness (QED) is 0.783. The van der Waals surface area contributed by atoms with Crippen LogP contribution in [0.25, 0.3) is 0 Å². The van der Waals surface area contributed by atoms with Crippen molar-refractivity contribution in [2.75, 3.05) is 13.6 Å². The minimum atomic E-state index is -1.03. The Bertz CT molecular complexity index is 313. The van der Waals surface area contributed by atoms with Gasteiger partial charge in [0.1, 0.15) is 0 Å². The molecule has 1 atom stereocenters. The maximum absolute atomic E-state index is 10.5. The van der Waals surface area contributed by atoms with E-state index < -0.39 is 12.2 Å². The Morgan fingerprint density at radius 2 is 2.00 bits per heavy atom. The first kappa shape index (κ1) is 11.5. The molecule has 0 radical (unpaired) electrons. The van der Waals surface area contributed by atoms with Crippen LogP contribution in [0, 0.1) is 0 Å². The summed E-state index contributed by atoms with van der Waals surface area (Å²) in [6.07, 6.45) is -1.21. The van der Waals surface area contributed by atoms with Crippen LogP contribution in [0.15, 0.2) is 30.3 Å². The smallest absolute Gasteiger partial charge is 0.407 e. The molecule has 0 aliphatic rings. The van der Waals surface area contributed by atoms with Gasteiger partial charge in [0.2, 0.25) is 0 Å². The molecule has 1 unspecified atom stereocenters. The molecule has 4 nitrogen and oxygen atoms in total. The zero-order valence-electron chi connectivity index (χ0n) is 8.63. The molecule has 0 aromatic heterocycles. The van der Waals surface area contributed by atoms with Crippen LogP contribution in [-0.4, -0.2) is 40.9 Å². The van der Waals surface area contributed by atoms with Crippen LogP contribution >= 0.6 is 0 Å². The summed E-state index contributed by atoms with van der Waals surface area (Å²) in [5, 5.41) is 18.2. The van der Waals surface area contributed by atoms with Crippen molar-refractivity contribution in [3.63, 3.8) is 0 Å². The summed E-state index contributed by atoms with van der Waals surface area (Å²) in [5.74, 6) is 0. The van der Waals surface area contributed by atoms with Gasteiger partial charge in [-0.1, -0.05) is 30.3 Å². The second kappa shape index (κ2) is 5.36. The van der Waals surface area contributed by atoms with E-state index >= 15 is 0 Å². The van der Waals surface area contributed by atoms with Crippen molar-refractivity contribution in [1.29, 1.82) is 0 Å². The van der Waals surface area contributed by atoms with Crippen LogP contribution in [0.5, 0.6) is 0 Å². The number of likely N-dealkylation sites (N-methyl/N-ethyl adjacent to an activating group) is 1. The minimum Gasteiger partial charge on any atom is -0.465 e. The number of carbonyl (C=O) groups is 1. The van der Waals surface area contributed by atoms with Gasteiger partial charge in [0, 0.05) is 20.0 Å². The number of amides is 1. The highest BCUT2D eigenvalue weighted by Crippen LogP contribution is 2.03. The van der Waals surface area contributed by atoms with Gasteiger partial charge in [-0.25, -0.2) is 4.79 Å². The summed E-state index contributed by atoms with van der Waals surface area (Å²) < 4.78 is 0. The molecule has 0 fully saturated rings. The number of hydrogen-bond donors (Lipinski definition) is 2. The van der Waals surface area contributed by atoms with Gasteiger partial charge >= 0.3 is 6.09 Å². The van der Waals surface area contributed by atoms with Crippen molar-refractivity contribution in [3.8, 4) is 0 Å². The largest absolute Gasteiger partial charge is 0.465 e. The lowest BCUT2D eigenvalue weighted by atomic mass is 10.1. The topological polar surface area (TPSA) is 60.8 Å². The van der Waals surface area contributed by atoms with E-state index in [1.54, 1.807) is 0 Å². The van der Waals surface area contributed by atoms with E-state index in [1.165, 1.54) is 7.05 Å². The Hall–Kier alpha value is -1.55. The van der Waals surface area contributed by atoms with Crippen LogP contribution in [0.2, 0.25) is 0 Å². The molecule has 1 aromatic carbocycles. The summed E-state index contributed by atoms with van der Waals surface area (Å²) in [5.41, 5.74) is 1.00. The Balaban J connectivity index is 2.43. The summed E-state index contributed by atoms with van der Waals surface area (Å²) in [4.78, 5) is 11.6. The van der Waals surface area contributed by atoms with Gasteiger partial charge in [-0.15, -0.1) is 0 Å². The highest BCUT2D eigenvalue weighted by atomic mass is 16.4. The van der Waals surface area contributed by atoms with Gasteiger partial charge in [-0.2, -0.15) is 0 Å². The molecule has 1 aromatic rings. The third-order valence-corrected chi connectivity index (χ3v) is 2.13. The van der Waals surface area contributed by atoms with E-state index in [9.17, 15) is 9.90 Å². The van der Waals surface area contributed by atoms with Crippen LogP contribution in [0.3, 0.4) is 0 Å². The average molecular weight is 209 g/mol. The maximum atomic E-state index is 10.5. The van der Waals surface area contributed by atoms with Crippen molar-refractivity contribution in [2.45, 2.75) is 12.5 Å². The predicted molar refractivity (Wildman–Crippen MR) is 56.8 cm³/mol.